The van der Waals surface area contributed by atoms with Gasteiger partial charge in [0, 0.05) is 36.2 Å². The minimum Gasteiger partial charge on any atom is -0.261 e. The highest BCUT2D eigenvalue weighted by atomic mass is 14.8. The molecule has 0 amide bonds. The van der Waals surface area contributed by atoms with E-state index in [0.29, 0.717) is 0 Å². The molecule has 4 nitrogen and oxygen atoms in total. The molecule has 0 saturated carbocycles. The summed E-state index contributed by atoms with van der Waals surface area (Å²) in [6.07, 6.45) is 11.4. The first kappa shape index (κ1) is 16.2. The lowest BCUT2D eigenvalue weighted by Gasteiger charge is -2.04. The van der Waals surface area contributed by atoms with Gasteiger partial charge in [0.15, 0.2) is 0 Å². The maximum Gasteiger partial charge on any atom is 0.125 e. The Morgan fingerprint density at radius 3 is 1.75 bits per heavy atom. The van der Waals surface area contributed by atoms with Gasteiger partial charge in [-0.25, -0.2) is 9.97 Å². The summed E-state index contributed by atoms with van der Waals surface area (Å²) in [5.74, 6) is 0.813. The van der Waals surface area contributed by atoms with Crippen LogP contribution < -0.4 is 0 Å². The molecule has 122 valence electrons. The van der Waals surface area contributed by atoms with Crippen molar-refractivity contribution in [3.8, 4) is 0 Å². The fourth-order valence-electron chi connectivity index (χ4n) is 2.49. The molecule has 4 heteroatoms. The number of aryl methyl sites for hydroxylation is 6. The highest BCUT2D eigenvalue weighted by molar-refractivity contribution is 5.18. The number of pyridine rings is 2. The normalized spacial score (nSPS) is 10.8. The molecule has 0 bridgehead atoms. The van der Waals surface area contributed by atoms with Crippen molar-refractivity contribution in [3.05, 3.63) is 83.0 Å². The molecule has 3 aromatic heterocycles. The molecule has 24 heavy (non-hydrogen) atoms. The Bertz CT molecular complexity index is 694. The van der Waals surface area contributed by atoms with E-state index in [1.807, 2.05) is 31.7 Å². The Kier molecular flexibility index (Phi) is 5.26. The van der Waals surface area contributed by atoms with E-state index in [9.17, 15) is 0 Å². The van der Waals surface area contributed by atoms with E-state index < -0.39 is 0 Å². The van der Waals surface area contributed by atoms with Crippen LogP contribution in [0.5, 0.6) is 0 Å². The minimum absolute atomic E-state index is 0.813. The van der Waals surface area contributed by atoms with Gasteiger partial charge in [0.05, 0.1) is 0 Å². The minimum atomic E-state index is 0.813. The molecular weight excluding hydrogens is 296 g/mol. The van der Waals surface area contributed by atoms with Crippen molar-refractivity contribution in [2.45, 2.75) is 39.5 Å². The fraction of sp³-hybridized carbons (Fsp3) is 0.300. The van der Waals surface area contributed by atoms with Gasteiger partial charge in [0.2, 0.25) is 0 Å². The summed E-state index contributed by atoms with van der Waals surface area (Å²) in [6, 6.07) is 8.48. The van der Waals surface area contributed by atoms with Gasteiger partial charge in [-0.1, -0.05) is 12.1 Å². The first-order valence-electron chi connectivity index (χ1n) is 8.32. The Hall–Kier alpha value is -2.62. The van der Waals surface area contributed by atoms with Crippen molar-refractivity contribution in [1.82, 2.24) is 19.9 Å². The van der Waals surface area contributed by atoms with Crippen molar-refractivity contribution in [3.63, 3.8) is 0 Å². The highest BCUT2D eigenvalue weighted by Crippen LogP contribution is 2.08. The average molecular weight is 318 g/mol. The van der Waals surface area contributed by atoms with Crippen LogP contribution >= 0.6 is 0 Å². The predicted octanol–water partition coefficient (Wildman–Crippen LogP) is 3.45. The zero-order valence-electron chi connectivity index (χ0n) is 14.2. The molecule has 0 radical (unpaired) electrons. The van der Waals surface area contributed by atoms with Gasteiger partial charge >= 0.3 is 0 Å². The van der Waals surface area contributed by atoms with Gasteiger partial charge in [0.25, 0.3) is 0 Å². The molecule has 0 aliphatic carbocycles. The number of hydrogen-bond donors (Lipinski definition) is 0. The monoisotopic (exact) mass is 318 g/mol. The molecule has 0 unspecified atom stereocenters. The van der Waals surface area contributed by atoms with E-state index in [1.165, 1.54) is 11.1 Å². The number of nitrogens with zero attached hydrogens (tertiary/aromatic N) is 4. The average Bonchev–Trinajstić information content (AvgIpc) is 2.62. The number of rotatable bonds is 6. The second-order valence-corrected chi connectivity index (χ2v) is 6.12. The standard InChI is InChI=1S/C20H22N4/c1-15-3-7-19(23-11-15)9-10-20-8-6-17(12-24-20)4-5-18-13-21-16(2)22-14-18/h3,6-8,11-14H,4-5,9-10H2,1-2H3. The Labute approximate surface area is 143 Å². The second-order valence-electron chi connectivity index (χ2n) is 6.12. The third-order valence-corrected chi connectivity index (χ3v) is 4.03. The van der Waals surface area contributed by atoms with E-state index in [-0.39, 0.29) is 0 Å². The second kappa shape index (κ2) is 7.77. The molecule has 0 aromatic carbocycles. The van der Waals surface area contributed by atoms with E-state index in [0.717, 1.165) is 48.5 Å². The predicted molar refractivity (Wildman–Crippen MR) is 94.8 cm³/mol. The molecule has 0 saturated heterocycles. The first-order valence-corrected chi connectivity index (χ1v) is 8.32. The lowest BCUT2D eigenvalue weighted by Crippen LogP contribution is -1.99. The van der Waals surface area contributed by atoms with Crippen LogP contribution in [0.15, 0.2) is 49.1 Å². The Morgan fingerprint density at radius 2 is 1.17 bits per heavy atom. The first-order chi connectivity index (χ1) is 11.7. The van der Waals surface area contributed by atoms with Crippen LogP contribution in [0.4, 0.5) is 0 Å². The zero-order valence-corrected chi connectivity index (χ0v) is 14.2. The lowest BCUT2D eigenvalue weighted by molar-refractivity contribution is 0.864. The molecule has 3 heterocycles. The van der Waals surface area contributed by atoms with Crippen molar-refractivity contribution in [2.24, 2.45) is 0 Å². The smallest absolute Gasteiger partial charge is 0.125 e. The van der Waals surface area contributed by atoms with Crippen LogP contribution in [0.25, 0.3) is 0 Å². The fourth-order valence-corrected chi connectivity index (χ4v) is 2.49. The molecule has 0 fully saturated rings. The van der Waals surface area contributed by atoms with Gasteiger partial charge < -0.3 is 0 Å². The summed E-state index contributed by atoms with van der Waals surface area (Å²) >= 11 is 0. The summed E-state index contributed by atoms with van der Waals surface area (Å²) < 4.78 is 0. The van der Waals surface area contributed by atoms with Gasteiger partial charge in [0.1, 0.15) is 5.82 Å². The largest absolute Gasteiger partial charge is 0.261 e. The summed E-state index contributed by atoms with van der Waals surface area (Å²) in [4.78, 5) is 17.5. The van der Waals surface area contributed by atoms with Gasteiger partial charge in [-0.2, -0.15) is 0 Å². The van der Waals surface area contributed by atoms with E-state index >= 15 is 0 Å². The summed E-state index contributed by atoms with van der Waals surface area (Å²) in [6.45, 7) is 3.96. The summed E-state index contributed by atoms with van der Waals surface area (Å²) in [5.41, 5.74) is 5.83. The highest BCUT2D eigenvalue weighted by Gasteiger charge is 2.01. The van der Waals surface area contributed by atoms with E-state index in [4.69, 9.17) is 0 Å². The van der Waals surface area contributed by atoms with E-state index in [2.05, 4.69) is 51.1 Å². The zero-order chi connectivity index (χ0) is 16.8. The molecule has 3 rings (SSSR count). The van der Waals surface area contributed by atoms with Crippen LogP contribution in [0, 0.1) is 13.8 Å². The molecule has 0 N–H and O–H groups in total. The van der Waals surface area contributed by atoms with Crippen LogP contribution in [0.3, 0.4) is 0 Å². The molecule has 0 atom stereocenters. The third kappa shape index (κ3) is 4.69. The summed E-state index contributed by atoms with van der Waals surface area (Å²) in [5, 5.41) is 0. The molecule has 0 spiro atoms. The van der Waals surface area contributed by atoms with Crippen LogP contribution in [-0.4, -0.2) is 19.9 Å². The Morgan fingerprint density at radius 1 is 0.583 bits per heavy atom. The molecule has 0 aliphatic heterocycles. The maximum absolute atomic E-state index is 4.58. The SMILES string of the molecule is Cc1ccc(CCc2ccc(CCc3cnc(C)nc3)cn2)nc1. The van der Waals surface area contributed by atoms with Gasteiger partial charge in [-0.3, -0.25) is 9.97 Å². The maximum atomic E-state index is 4.58. The van der Waals surface area contributed by atoms with Crippen LogP contribution in [0.2, 0.25) is 0 Å². The van der Waals surface area contributed by atoms with Crippen molar-refractivity contribution >= 4 is 0 Å². The Balaban J connectivity index is 1.51. The van der Waals surface area contributed by atoms with E-state index in [1.54, 1.807) is 0 Å². The topological polar surface area (TPSA) is 51.6 Å². The number of hydrogen-bond acceptors (Lipinski definition) is 4. The van der Waals surface area contributed by atoms with Gasteiger partial charge in [-0.15, -0.1) is 0 Å². The summed E-state index contributed by atoms with van der Waals surface area (Å²) in [7, 11) is 0. The van der Waals surface area contributed by atoms with Crippen molar-refractivity contribution in [2.75, 3.05) is 0 Å². The van der Waals surface area contributed by atoms with Crippen LogP contribution in [0.1, 0.15) is 33.9 Å². The molecule has 0 aliphatic rings. The lowest BCUT2D eigenvalue weighted by atomic mass is 10.1. The van der Waals surface area contributed by atoms with Crippen molar-refractivity contribution < 1.29 is 0 Å². The van der Waals surface area contributed by atoms with Gasteiger partial charge in [-0.05, 0) is 68.4 Å². The number of aromatic nitrogens is 4. The van der Waals surface area contributed by atoms with Crippen molar-refractivity contribution in [1.29, 1.82) is 0 Å². The molecule has 3 aromatic rings. The quantitative estimate of drug-likeness (QED) is 0.698. The third-order valence-electron chi connectivity index (χ3n) is 4.03. The van der Waals surface area contributed by atoms with Crippen LogP contribution in [-0.2, 0) is 25.7 Å². The molecular formula is C20H22N4.